The SMILES string of the molecule is CC(CNC(=O)c1ccc([N+](=O)[O-])cc1F)C(=O)O. The molecule has 0 aromatic heterocycles. The monoisotopic (exact) mass is 270 g/mol. The normalized spacial score (nSPS) is 11.7. The number of nitrogens with zero attached hydrogens (tertiary/aromatic N) is 1. The number of carboxylic acids is 1. The zero-order valence-corrected chi connectivity index (χ0v) is 9.92. The van der Waals surface area contributed by atoms with E-state index in [9.17, 15) is 24.1 Å². The van der Waals surface area contributed by atoms with Crippen LogP contribution < -0.4 is 5.32 Å². The number of aliphatic carboxylic acids is 1. The number of halogens is 1. The molecule has 0 aliphatic carbocycles. The van der Waals surface area contributed by atoms with Crippen LogP contribution in [0.4, 0.5) is 10.1 Å². The average Bonchev–Trinajstić information content (AvgIpc) is 2.34. The summed E-state index contributed by atoms with van der Waals surface area (Å²) >= 11 is 0. The zero-order chi connectivity index (χ0) is 14.6. The third kappa shape index (κ3) is 3.73. The minimum atomic E-state index is -1.09. The van der Waals surface area contributed by atoms with E-state index in [1.165, 1.54) is 6.92 Å². The molecule has 7 nitrogen and oxygen atoms in total. The molecular formula is C11H11FN2O5. The van der Waals surface area contributed by atoms with E-state index in [-0.39, 0.29) is 12.1 Å². The van der Waals surface area contributed by atoms with Crippen LogP contribution in [-0.4, -0.2) is 28.5 Å². The maximum Gasteiger partial charge on any atom is 0.308 e. The van der Waals surface area contributed by atoms with Gasteiger partial charge in [-0.3, -0.25) is 19.7 Å². The Morgan fingerprint density at radius 1 is 1.53 bits per heavy atom. The van der Waals surface area contributed by atoms with Crippen molar-refractivity contribution in [1.82, 2.24) is 5.32 Å². The van der Waals surface area contributed by atoms with Gasteiger partial charge in [0.15, 0.2) is 0 Å². The van der Waals surface area contributed by atoms with Gasteiger partial charge in [0.05, 0.1) is 22.5 Å². The lowest BCUT2D eigenvalue weighted by Crippen LogP contribution is -2.31. The molecule has 0 saturated heterocycles. The molecule has 1 atom stereocenters. The van der Waals surface area contributed by atoms with E-state index in [1.54, 1.807) is 0 Å². The van der Waals surface area contributed by atoms with Crippen molar-refractivity contribution in [1.29, 1.82) is 0 Å². The van der Waals surface area contributed by atoms with Crippen LogP contribution in [0.3, 0.4) is 0 Å². The molecule has 0 saturated carbocycles. The Labute approximate surface area is 107 Å². The van der Waals surface area contributed by atoms with E-state index in [0.29, 0.717) is 6.07 Å². The third-order valence-corrected chi connectivity index (χ3v) is 2.40. The molecule has 1 rings (SSSR count). The molecule has 0 bridgehead atoms. The number of hydrogen-bond acceptors (Lipinski definition) is 4. The molecule has 0 fully saturated rings. The van der Waals surface area contributed by atoms with Gasteiger partial charge < -0.3 is 10.4 Å². The summed E-state index contributed by atoms with van der Waals surface area (Å²) in [5.74, 6) is -3.76. The van der Waals surface area contributed by atoms with E-state index in [2.05, 4.69) is 5.32 Å². The van der Waals surface area contributed by atoms with E-state index >= 15 is 0 Å². The first-order valence-electron chi connectivity index (χ1n) is 5.28. The van der Waals surface area contributed by atoms with Crippen molar-refractivity contribution in [3.8, 4) is 0 Å². The van der Waals surface area contributed by atoms with Gasteiger partial charge in [-0.05, 0) is 6.07 Å². The Morgan fingerprint density at radius 3 is 2.63 bits per heavy atom. The standard InChI is InChI=1S/C11H11FN2O5/c1-6(11(16)17)5-13-10(15)8-3-2-7(14(18)19)4-9(8)12/h2-4,6H,5H2,1H3,(H,13,15)(H,16,17). The van der Waals surface area contributed by atoms with Gasteiger partial charge in [0.2, 0.25) is 0 Å². The molecule has 1 aromatic rings. The van der Waals surface area contributed by atoms with E-state index in [1.807, 2.05) is 0 Å². The number of nitro benzene ring substituents is 1. The van der Waals surface area contributed by atoms with Gasteiger partial charge in [-0.1, -0.05) is 6.92 Å². The number of carbonyl (C=O) groups excluding carboxylic acids is 1. The van der Waals surface area contributed by atoms with Crippen molar-refractivity contribution in [2.45, 2.75) is 6.92 Å². The van der Waals surface area contributed by atoms with Crippen LogP contribution in [0, 0.1) is 21.8 Å². The predicted octanol–water partition coefficient (Wildman–Crippen LogP) is 1.18. The maximum absolute atomic E-state index is 13.5. The number of nitro groups is 1. The number of nitrogens with one attached hydrogen (secondary N) is 1. The average molecular weight is 270 g/mol. The van der Waals surface area contributed by atoms with Gasteiger partial charge in [0, 0.05) is 12.6 Å². The highest BCUT2D eigenvalue weighted by atomic mass is 19.1. The Morgan fingerprint density at radius 2 is 2.16 bits per heavy atom. The molecule has 1 amide bonds. The first-order valence-corrected chi connectivity index (χ1v) is 5.28. The fourth-order valence-electron chi connectivity index (χ4n) is 1.23. The molecule has 102 valence electrons. The summed E-state index contributed by atoms with van der Waals surface area (Å²) < 4.78 is 13.5. The van der Waals surface area contributed by atoms with Crippen molar-refractivity contribution in [2.24, 2.45) is 5.92 Å². The molecule has 19 heavy (non-hydrogen) atoms. The second-order valence-corrected chi connectivity index (χ2v) is 3.87. The van der Waals surface area contributed by atoms with Crippen LogP contribution in [0.5, 0.6) is 0 Å². The topological polar surface area (TPSA) is 110 Å². The molecule has 0 heterocycles. The Hall–Kier alpha value is -2.51. The van der Waals surface area contributed by atoms with Gasteiger partial charge in [-0.15, -0.1) is 0 Å². The number of amides is 1. The quantitative estimate of drug-likeness (QED) is 0.616. The molecule has 0 spiro atoms. The largest absolute Gasteiger partial charge is 0.481 e. The smallest absolute Gasteiger partial charge is 0.308 e. The van der Waals surface area contributed by atoms with Gasteiger partial charge in [-0.2, -0.15) is 0 Å². The van der Waals surface area contributed by atoms with Crippen LogP contribution in [0.2, 0.25) is 0 Å². The zero-order valence-electron chi connectivity index (χ0n) is 9.92. The van der Waals surface area contributed by atoms with Gasteiger partial charge >= 0.3 is 5.97 Å². The fourth-order valence-corrected chi connectivity index (χ4v) is 1.23. The summed E-state index contributed by atoms with van der Waals surface area (Å²) in [5.41, 5.74) is -0.837. The minimum Gasteiger partial charge on any atom is -0.481 e. The van der Waals surface area contributed by atoms with Crippen LogP contribution in [0.15, 0.2) is 18.2 Å². The van der Waals surface area contributed by atoms with Crippen LogP contribution >= 0.6 is 0 Å². The maximum atomic E-state index is 13.5. The first kappa shape index (κ1) is 14.6. The first-order chi connectivity index (χ1) is 8.82. The summed E-state index contributed by atoms with van der Waals surface area (Å²) in [5, 5.41) is 21.3. The molecule has 1 unspecified atom stereocenters. The van der Waals surface area contributed by atoms with Gasteiger partial charge in [-0.25, -0.2) is 4.39 Å². The molecule has 0 radical (unpaired) electrons. The van der Waals surface area contributed by atoms with Crippen LogP contribution in [0.1, 0.15) is 17.3 Å². The molecule has 0 aliphatic heterocycles. The predicted molar refractivity (Wildman–Crippen MR) is 62.2 cm³/mol. The Kier molecular flexibility index (Phi) is 4.51. The molecule has 8 heteroatoms. The molecule has 0 aliphatic rings. The van der Waals surface area contributed by atoms with Crippen molar-refractivity contribution in [3.63, 3.8) is 0 Å². The second-order valence-electron chi connectivity index (χ2n) is 3.87. The van der Waals surface area contributed by atoms with E-state index < -0.39 is 34.2 Å². The van der Waals surface area contributed by atoms with E-state index in [0.717, 1.165) is 12.1 Å². The lowest BCUT2D eigenvalue weighted by atomic mass is 10.1. The van der Waals surface area contributed by atoms with Crippen molar-refractivity contribution in [2.75, 3.05) is 6.54 Å². The summed E-state index contributed by atoms with van der Waals surface area (Å²) in [6.07, 6.45) is 0. The van der Waals surface area contributed by atoms with Crippen molar-refractivity contribution in [3.05, 3.63) is 39.7 Å². The van der Waals surface area contributed by atoms with Gasteiger partial charge in [0.25, 0.3) is 11.6 Å². The third-order valence-electron chi connectivity index (χ3n) is 2.40. The number of benzene rings is 1. The number of carbonyl (C=O) groups is 2. The van der Waals surface area contributed by atoms with Crippen molar-refractivity contribution < 1.29 is 24.0 Å². The van der Waals surface area contributed by atoms with Crippen LogP contribution in [-0.2, 0) is 4.79 Å². The fraction of sp³-hybridized carbons (Fsp3) is 0.273. The summed E-state index contributed by atoms with van der Waals surface area (Å²) in [6, 6.07) is 2.61. The number of carboxylic acid groups (broad SMARTS) is 1. The number of rotatable bonds is 5. The van der Waals surface area contributed by atoms with Crippen LogP contribution in [0.25, 0.3) is 0 Å². The summed E-state index contributed by atoms with van der Waals surface area (Å²) in [7, 11) is 0. The highest BCUT2D eigenvalue weighted by Crippen LogP contribution is 2.16. The molecule has 2 N–H and O–H groups in total. The Bertz CT molecular complexity index is 532. The minimum absolute atomic E-state index is 0.162. The van der Waals surface area contributed by atoms with Crippen molar-refractivity contribution >= 4 is 17.6 Å². The van der Waals surface area contributed by atoms with E-state index in [4.69, 9.17) is 5.11 Å². The summed E-state index contributed by atoms with van der Waals surface area (Å²) in [4.78, 5) is 31.7. The second kappa shape index (κ2) is 5.89. The highest BCUT2D eigenvalue weighted by Gasteiger charge is 2.18. The lowest BCUT2D eigenvalue weighted by molar-refractivity contribution is -0.385. The lowest BCUT2D eigenvalue weighted by Gasteiger charge is -2.08. The Balaban J connectivity index is 2.78. The summed E-state index contributed by atoms with van der Waals surface area (Å²) in [6.45, 7) is 1.22. The molecular weight excluding hydrogens is 259 g/mol. The number of hydrogen-bond donors (Lipinski definition) is 2. The number of non-ortho nitro benzene ring substituents is 1. The van der Waals surface area contributed by atoms with Gasteiger partial charge in [0.1, 0.15) is 5.82 Å². The molecule has 1 aromatic carbocycles. The highest BCUT2D eigenvalue weighted by molar-refractivity contribution is 5.94.